The molecule has 1 N–H and O–H groups in total. The predicted molar refractivity (Wildman–Crippen MR) is 112 cm³/mol. The molecule has 1 atom stereocenters. The Kier molecular flexibility index (Phi) is 5.48. The number of aliphatic hydroxyl groups excluding tert-OH is 1. The second-order valence-electron chi connectivity index (χ2n) is 7.65. The van der Waals surface area contributed by atoms with E-state index in [0.29, 0.717) is 17.1 Å². The molecule has 2 aromatic carbocycles. The summed E-state index contributed by atoms with van der Waals surface area (Å²) in [6, 6.07) is 13.5. The second kappa shape index (κ2) is 8.22. The van der Waals surface area contributed by atoms with E-state index in [1.165, 1.54) is 0 Å². The molecular formula is C24H25NO5. The number of aliphatic hydroxyl groups is 1. The molecule has 6 nitrogen and oxygen atoms in total. The normalized spacial score (nSPS) is 21.3. The molecule has 0 aromatic heterocycles. The Balaban J connectivity index is 1.84. The van der Waals surface area contributed by atoms with Crippen LogP contribution in [0.15, 0.2) is 54.1 Å². The Hall–Kier alpha value is -3.28. The Bertz CT molecular complexity index is 972. The van der Waals surface area contributed by atoms with Crippen molar-refractivity contribution < 1.29 is 24.2 Å². The van der Waals surface area contributed by atoms with E-state index < -0.39 is 17.7 Å². The zero-order chi connectivity index (χ0) is 21.3. The van der Waals surface area contributed by atoms with Crippen LogP contribution in [0.3, 0.4) is 0 Å². The van der Waals surface area contributed by atoms with Gasteiger partial charge in [-0.05, 0) is 54.8 Å². The summed E-state index contributed by atoms with van der Waals surface area (Å²) in [6.45, 7) is 0. The predicted octanol–water partition coefficient (Wildman–Crippen LogP) is 4.07. The topological polar surface area (TPSA) is 76.1 Å². The summed E-state index contributed by atoms with van der Waals surface area (Å²) in [7, 11) is 3.15. The molecular weight excluding hydrogens is 382 g/mol. The fourth-order valence-corrected chi connectivity index (χ4v) is 4.43. The molecule has 4 rings (SSSR count). The maximum atomic E-state index is 13.1. The smallest absolute Gasteiger partial charge is 0.295 e. The van der Waals surface area contributed by atoms with Gasteiger partial charge in [0, 0.05) is 11.6 Å². The monoisotopic (exact) mass is 407 g/mol. The van der Waals surface area contributed by atoms with E-state index in [1.807, 2.05) is 12.1 Å². The van der Waals surface area contributed by atoms with Crippen LogP contribution in [0, 0.1) is 0 Å². The lowest BCUT2D eigenvalue weighted by Gasteiger charge is -2.30. The number of likely N-dealkylation sites (tertiary alicyclic amines) is 1. The molecule has 1 aliphatic heterocycles. The highest BCUT2D eigenvalue weighted by Crippen LogP contribution is 2.43. The number of carbonyl (C=O) groups is 2. The van der Waals surface area contributed by atoms with Gasteiger partial charge in [0.15, 0.2) is 0 Å². The van der Waals surface area contributed by atoms with Crippen molar-refractivity contribution in [3.63, 3.8) is 0 Å². The van der Waals surface area contributed by atoms with Gasteiger partial charge in [0.05, 0.1) is 25.8 Å². The number of Topliss-reactive ketones (excluding diaryl/α,β-unsaturated/α-hetero) is 1. The molecule has 6 heteroatoms. The summed E-state index contributed by atoms with van der Waals surface area (Å²) in [5.74, 6) is -0.0254. The first-order valence-corrected chi connectivity index (χ1v) is 10.1. The zero-order valence-corrected chi connectivity index (χ0v) is 17.1. The first kappa shape index (κ1) is 20.0. The first-order valence-electron chi connectivity index (χ1n) is 10.1. The van der Waals surface area contributed by atoms with E-state index in [0.717, 1.165) is 31.2 Å². The molecule has 2 fully saturated rings. The standard InChI is InChI=1S/C24H25NO5/c1-29-18-11-7-15(8-12-18)21-20(22(26)16-9-13-19(30-2)14-10-16)23(27)24(28)25(21)17-5-3-4-6-17/h7-14,17,21,26H,3-6H2,1-2H3/t21-/m1/s1. The van der Waals surface area contributed by atoms with Gasteiger partial charge in [-0.2, -0.15) is 0 Å². The quantitative estimate of drug-likeness (QED) is 0.459. The van der Waals surface area contributed by atoms with Gasteiger partial charge in [-0.1, -0.05) is 25.0 Å². The lowest BCUT2D eigenvalue weighted by molar-refractivity contribution is -0.141. The number of benzene rings is 2. The van der Waals surface area contributed by atoms with Gasteiger partial charge in [0.1, 0.15) is 17.3 Å². The molecule has 0 radical (unpaired) electrons. The van der Waals surface area contributed by atoms with Crippen molar-refractivity contribution in [2.75, 3.05) is 14.2 Å². The lowest BCUT2D eigenvalue weighted by Crippen LogP contribution is -2.37. The van der Waals surface area contributed by atoms with Gasteiger partial charge < -0.3 is 19.5 Å². The minimum absolute atomic E-state index is 0.00489. The highest BCUT2D eigenvalue weighted by molar-refractivity contribution is 6.46. The van der Waals surface area contributed by atoms with Crippen LogP contribution in [0.4, 0.5) is 0 Å². The fraction of sp³-hybridized carbons (Fsp3) is 0.333. The van der Waals surface area contributed by atoms with Crippen LogP contribution in [0.25, 0.3) is 5.76 Å². The summed E-state index contributed by atoms with van der Waals surface area (Å²) >= 11 is 0. The van der Waals surface area contributed by atoms with Gasteiger partial charge in [-0.25, -0.2) is 0 Å². The lowest BCUT2D eigenvalue weighted by atomic mass is 9.94. The molecule has 0 spiro atoms. The number of rotatable bonds is 5. The molecule has 156 valence electrons. The number of methoxy groups -OCH3 is 2. The summed E-state index contributed by atoms with van der Waals surface area (Å²) in [5, 5.41) is 11.1. The second-order valence-corrected chi connectivity index (χ2v) is 7.65. The highest BCUT2D eigenvalue weighted by Gasteiger charge is 2.49. The largest absolute Gasteiger partial charge is 0.507 e. The zero-order valence-electron chi connectivity index (χ0n) is 17.1. The minimum atomic E-state index is -0.643. The average Bonchev–Trinajstić information content (AvgIpc) is 3.40. The van der Waals surface area contributed by atoms with Crippen LogP contribution in [-0.2, 0) is 9.59 Å². The Morgan fingerprint density at radius 1 is 0.900 bits per heavy atom. The van der Waals surface area contributed by atoms with Crippen LogP contribution >= 0.6 is 0 Å². The third-order valence-electron chi connectivity index (χ3n) is 5.99. The van der Waals surface area contributed by atoms with Crippen LogP contribution in [0.2, 0.25) is 0 Å². The fourth-order valence-electron chi connectivity index (χ4n) is 4.43. The number of hydrogen-bond acceptors (Lipinski definition) is 5. The number of amides is 1. The molecule has 1 saturated carbocycles. The SMILES string of the molecule is COc1ccc(C(O)=C2C(=O)C(=O)N(C3CCCC3)[C@@H]2c2ccc(OC)cc2)cc1. The van der Waals surface area contributed by atoms with E-state index in [2.05, 4.69) is 0 Å². The number of hydrogen-bond donors (Lipinski definition) is 1. The third-order valence-corrected chi connectivity index (χ3v) is 5.99. The van der Waals surface area contributed by atoms with Crippen LogP contribution in [-0.4, -0.2) is 42.0 Å². The van der Waals surface area contributed by atoms with Gasteiger partial charge in [0.25, 0.3) is 11.7 Å². The number of ketones is 1. The summed E-state index contributed by atoms with van der Waals surface area (Å²) in [4.78, 5) is 27.8. The summed E-state index contributed by atoms with van der Waals surface area (Å²) in [5.41, 5.74) is 1.37. The summed E-state index contributed by atoms with van der Waals surface area (Å²) < 4.78 is 10.4. The van der Waals surface area contributed by atoms with E-state index in [9.17, 15) is 14.7 Å². The Morgan fingerprint density at radius 2 is 1.43 bits per heavy atom. The van der Waals surface area contributed by atoms with Gasteiger partial charge in [-0.3, -0.25) is 9.59 Å². The van der Waals surface area contributed by atoms with Crippen molar-refractivity contribution >= 4 is 17.4 Å². The van der Waals surface area contributed by atoms with Crippen molar-refractivity contribution in [3.05, 3.63) is 65.2 Å². The molecule has 0 unspecified atom stereocenters. The maximum Gasteiger partial charge on any atom is 0.295 e. The van der Waals surface area contributed by atoms with E-state index >= 15 is 0 Å². The number of nitrogens with zero attached hydrogens (tertiary/aromatic N) is 1. The van der Waals surface area contributed by atoms with Crippen molar-refractivity contribution in [2.24, 2.45) is 0 Å². The molecule has 2 aliphatic rings. The molecule has 1 amide bonds. The summed E-state index contributed by atoms with van der Waals surface area (Å²) in [6.07, 6.45) is 3.79. The van der Waals surface area contributed by atoms with Crippen molar-refractivity contribution in [1.29, 1.82) is 0 Å². The molecule has 0 bridgehead atoms. The van der Waals surface area contributed by atoms with Crippen molar-refractivity contribution in [1.82, 2.24) is 4.90 Å². The highest BCUT2D eigenvalue weighted by atomic mass is 16.5. The van der Waals surface area contributed by atoms with Crippen LogP contribution in [0.1, 0.15) is 42.9 Å². The van der Waals surface area contributed by atoms with Crippen molar-refractivity contribution in [2.45, 2.75) is 37.8 Å². The molecule has 1 saturated heterocycles. The molecule has 2 aromatic rings. The number of carbonyl (C=O) groups excluding carboxylic acids is 2. The number of ether oxygens (including phenoxy) is 2. The molecule has 1 aliphatic carbocycles. The van der Waals surface area contributed by atoms with E-state index in [-0.39, 0.29) is 17.4 Å². The van der Waals surface area contributed by atoms with Gasteiger partial charge >= 0.3 is 0 Å². The first-order chi connectivity index (χ1) is 14.5. The minimum Gasteiger partial charge on any atom is -0.507 e. The van der Waals surface area contributed by atoms with E-state index in [1.54, 1.807) is 55.5 Å². The molecule has 1 heterocycles. The van der Waals surface area contributed by atoms with Crippen LogP contribution in [0.5, 0.6) is 11.5 Å². The average molecular weight is 407 g/mol. The Labute approximate surface area is 175 Å². The maximum absolute atomic E-state index is 13.1. The Morgan fingerprint density at radius 3 is 1.97 bits per heavy atom. The van der Waals surface area contributed by atoms with Gasteiger partial charge in [0.2, 0.25) is 0 Å². The third kappa shape index (κ3) is 3.43. The molecule has 30 heavy (non-hydrogen) atoms. The van der Waals surface area contributed by atoms with E-state index in [4.69, 9.17) is 9.47 Å². The van der Waals surface area contributed by atoms with Crippen LogP contribution < -0.4 is 9.47 Å². The van der Waals surface area contributed by atoms with Gasteiger partial charge in [-0.15, -0.1) is 0 Å². The van der Waals surface area contributed by atoms with Crippen molar-refractivity contribution in [3.8, 4) is 11.5 Å².